The Morgan fingerprint density at radius 3 is 2.81 bits per heavy atom. The number of halogens is 3. The number of aliphatic hydroxyl groups is 1. The summed E-state index contributed by atoms with van der Waals surface area (Å²) in [6.07, 6.45) is 5.39. The molecule has 5 aromatic rings. The lowest BCUT2D eigenvalue weighted by atomic mass is 9.95. The highest BCUT2D eigenvalue weighted by atomic mass is 35.5. The monoisotopic (exact) mass is 760 g/mol. The van der Waals surface area contributed by atoms with Crippen LogP contribution in [0.4, 0.5) is 20.4 Å². The molecule has 0 radical (unpaired) electrons. The summed E-state index contributed by atoms with van der Waals surface area (Å²) in [6.45, 7) is 5.79. The van der Waals surface area contributed by atoms with Crippen molar-refractivity contribution in [3.8, 4) is 17.4 Å². The summed E-state index contributed by atoms with van der Waals surface area (Å²) < 4.78 is 42.7. The molecule has 0 aliphatic carbocycles. The third-order valence-electron chi connectivity index (χ3n) is 10.4. The zero-order valence-electron chi connectivity index (χ0n) is 30.0. The van der Waals surface area contributed by atoms with Gasteiger partial charge in [0.25, 0.3) is 5.89 Å². The van der Waals surface area contributed by atoms with Gasteiger partial charge in [-0.3, -0.25) is 14.7 Å². The number of alkyl halides is 1. The molecule has 54 heavy (non-hydrogen) atoms. The first-order chi connectivity index (χ1) is 25.8. The molecule has 14 nitrogen and oxygen atoms in total. The van der Waals surface area contributed by atoms with E-state index in [9.17, 15) is 14.3 Å². The number of hydrogen-bond acceptors (Lipinski definition) is 13. The number of carbonyl (C=O) groups is 1. The number of carbonyl (C=O) groups excluding carboxylic acids is 1. The smallest absolute Gasteiger partial charge is 0.319 e. The zero-order chi connectivity index (χ0) is 37.9. The fourth-order valence-corrected chi connectivity index (χ4v) is 8.06. The molecule has 2 atom stereocenters. The summed E-state index contributed by atoms with van der Waals surface area (Å²) in [5, 5.41) is 15.7. The number of pyridine rings is 2. The van der Waals surface area contributed by atoms with Crippen molar-refractivity contribution < 1.29 is 27.9 Å². The minimum Gasteiger partial charge on any atom is -0.461 e. The van der Waals surface area contributed by atoms with E-state index in [1.807, 2.05) is 18.0 Å². The second kappa shape index (κ2) is 13.7. The van der Waals surface area contributed by atoms with Crippen LogP contribution in [0.5, 0.6) is 6.01 Å². The SMILES string of the molecule is CN(CC1CN(C(=O)/C=C/c2nc(C(C)(C)O)no2)C1)c1nc(OC[C@@]23CCCN2C[C@H](F)C3)nc2c(F)c(-c3nc(N)cc4cccc(Cl)c34)ncc12. The van der Waals surface area contributed by atoms with Gasteiger partial charge >= 0.3 is 6.01 Å². The van der Waals surface area contributed by atoms with Crippen molar-refractivity contribution >= 4 is 56.9 Å². The molecule has 3 N–H and O–H groups in total. The minimum atomic E-state index is -1.27. The van der Waals surface area contributed by atoms with Crippen LogP contribution in [0, 0.1) is 11.7 Å². The highest BCUT2D eigenvalue weighted by Crippen LogP contribution is 2.41. The van der Waals surface area contributed by atoms with E-state index < -0.39 is 23.1 Å². The lowest BCUT2D eigenvalue weighted by Crippen LogP contribution is -2.53. The Morgan fingerprint density at radius 1 is 1.22 bits per heavy atom. The fraction of sp³-hybridized carbons (Fsp3) is 0.432. The van der Waals surface area contributed by atoms with Crippen molar-refractivity contribution in [3.63, 3.8) is 0 Å². The maximum Gasteiger partial charge on any atom is 0.319 e. The van der Waals surface area contributed by atoms with E-state index in [4.69, 9.17) is 31.6 Å². The number of nitrogen functional groups attached to an aromatic ring is 1. The van der Waals surface area contributed by atoms with Crippen LogP contribution in [0.1, 0.15) is 44.8 Å². The van der Waals surface area contributed by atoms with Gasteiger partial charge in [-0.15, -0.1) is 0 Å². The van der Waals surface area contributed by atoms with Crippen LogP contribution in [0.25, 0.3) is 39.1 Å². The van der Waals surface area contributed by atoms with Gasteiger partial charge in [-0.25, -0.2) is 13.8 Å². The first kappa shape index (κ1) is 35.9. The second-order valence-corrected chi connectivity index (χ2v) is 15.4. The summed E-state index contributed by atoms with van der Waals surface area (Å²) in [7, 11) is 1.83. The maximum absolute atomic E-state index is 16.8. The van der Waals surface area contributed by atoms with Gasteiger partial charge in [0.1, 0.15) is 46.9 Å². The van der Waals surface area contributed by atoms with Crippen molar-refractivity contribution in [2.24, 2.45) is 5.92 Å². The highest BCUT2D eigenvalue weighted by molar-refractivity contribution is 6.36. The Balaban J connectivity index is 1.07. The number of rotatable bonds is 10. The quantitative estimate of drug-likeness (QED) is 0.186. The van der Waals surface area contributed by atoms with Gasteiger partial charge in [0.2, 0.25) is 11.7 Å². The molecular formula is C37H39ClF2N10O4. The zero-order valence-corrected chi connectivity index (χ0v) is 30.7. The molecule has 3 saturated heterocycles. The molecule has 1 amide bonds. The average Bonchev–Trinajstić information content (AvgIpc) is 3.82. The van der Waals surface area contributed by atoms with E-state index in [1.165, 1.54) is 32.2 Å². The third-order valence-corrected chi connectivity index (χ3v) is 10.8. The predicted octanol–water partition coefficient (Wildman–Crippen LogP) is 4.79. The van der Waals surface area contributed by atoms with E-state index in [1.54, 1.807) is 23.1 Å². The highest BCUT2D eigenvalue weighted by Gasteiger charge is 2.49. The van der Waals surface area contributed by atoms with Crippen LogP contribution in [-0.4, -0.2) is 109 Å². The Kier molecular flexibility index (Phi) is 9.09. The van der Waals surface area contributed by atoms with Crippen molar-refractivity contribution in [3.05, 3.63) is 59.1 Å². The number of anilines is 2. The summed E-state index contributed by atoms with van der Waals surface area (Å²) in [6, 6.07) is 6.89. The molecule has 17 heteroatoms. The van der Waals surface area contributed by atoms with Gasteiger partial charge in [0, 0.05) is 69.3 Å². The molecule has 3 aliphatic rings. The molecule has 4 aromatic heterocycles. The van der Waals surface area contributed by atoms with Crippen molar-refractivity contribution in [2.45, 2.75) is 50.4 Å². The topological polar surface area (TPSA) is 173 Å². The fourth-order valence-electron chi connectivity index (χ4n) is 7.79. The normalized spacial score (nSPS) is 20.6. The van der Waals surface area contributed by atoms with Crippen LogP contribution < -0.4 is 15.4 Å². The minimum absolute atomic E-state index is 0.0313. The summed E-state index contributed by atoms with van der Waals surface area (Å²) in [4.78, 5) is 40.9. The molecule has 1 aromatic carbocycles. The second-order valence-electron chi connectivity index (χ2n) is 14.9. The van der Waals surface area contributed by atoms with Gasteiger partial charge in [-0.05, 0) is 50.8 Å². The molecule has 0 spiro atoms. The molecule has 282 valence electrons. The van der Waals surface area contributed by atoms with Crippen LogP contribution in [-0.2, 0) is 10.4 Å². The van der Waals surface area contributed by atoms with E-state index in [0.29, 0.717) is 59.6 Å². The number of likely N-dealkylation sites (tertiary alicyclic amines) is 1. The van der Waals surface area contributed by atoms with Crippen molar-refractivity contribution in [1.29, 1.82) is 0 Å². The number of hydrogen-bond donors (Lipinski definition) is 2. The number of nitrogens with two attached hydrogens (primary N) is 1. The average molecular weight is 761 g/mol. The van der Waals surface area contributed by atoms with Gasteiger partial charge in [-0.2, -0.15) is 15.0 Å². The van der Waals surface area contributed by atoms with E-state index in [-0.39, 0.29) is 58.9 Å². The van der Waals surface area contributed by atoms with E-state index in [0.717, 1.165) is 19.4 Å². The molecule has 3 fully saturated rings. The molecule has 0 unspecified atom stereocenters. The maximum atomic E-state index is 16.8. The summed E-state index contributed by atoms with van der Waals surface area (Å²) in [5.74, 6) is -0.128. The number of amides is 1. The predicted molar refractivity (Wildman–Crippen MR) is 198 cm³/mol. The van der Waals surface area contributed by atoms with Gasteiger partial charge < -0.3 is 29.9 Å². The van der Waals surface area contributed by atoms with Crippen LogP contribution in [0.3, 0.4) is 0 Å². The molecule has 3 aliphatic heterocycles. The number of nitrogens with zero attached hydrogens (tertiary/aromatic N) is 9. The van der Waals surface area contributed by atoms with Crippen LogP contribution in [0.15, 0.2) is 41.1 Å². The number of aromatic nitrogens is 6. The molecule has 0 saturated carbocycles. The lowest BCUT2D eigenvalue weighted by Gasteiger charge is -2.40. The number of fused-ring (bicyclic) bond motifs is 3. The van der Waals surface area contributed by atoms with Crippen LogP contribution >= 0.6 is 11.6 Å². The largest absolute Gasteiger partial charge is 0.461 e. The Morgan fingerprint density at radius 2 is 2.04 bits per heavy atom. The molecule has 7 heterocycles. The third kappa shape index (κ3) is 6.66. The molecule has 8 rings (SSSR count). The first-order valence-corrected chi connectivity index (χ1v) is 18.1. The standard InChI is InChI=1S/C37H39ClF2N10O4/c1-36(2,52)34-44-26(54-47-34)8-9-27(51)49-16-20(17-49)15-48(3)33-23-14-42-32(31-28-21(12-25(41)43-31)6-4-7-24(28)38)29(40)30(23)45-35(46-33)53-19-37-10-5-11-50(37)18-22(39)13-37/h4,6-9,12,14,20,22,52H,5,10-11,13,15-19H2,1-3H3,(H2,41,43)/b9-8+/t22-,37+/m1/s1. The lowest BCUT2D eigenvalue weighted by molar-refractivity contribution is -0.131. The summed E-state index contributed by atoms with van der Waals surface area (Å²) in [5.41, 5.74) is 4.46. The van der Waals surface area contributed by atoms with E-state index in [2.05, 4.69) is 30.0 Å². The first-order valence-electron chi connectivity index (χ1n) is 17.8. The molecule has 0 bridgehead atoms. The van der Waals surface area contributed by atoms with Crippen molar-refractivity contribution in [2.75, 3.05) is 57.0 Å². The van der Waals surface area contributed by atoms with Gasteiger partial charge in [0.05, 0.1) is 15.9 Å². The Labute approximate surface area is 314 Å². The Bertz CT molecular complexity index is 2300. The van der Waals surface area contributed by atoms with Gasteiger partial charge in [0.15, 0.2) is 5.82 Å². The molecular weight excluding hydrogens is 722 g/mol. The number of benzene rings is 1. The van der Waals surface area contributed by atoms with E-state index >= 15 is 4.39 Å². The number of ether oxygens (including phenoxy) is 1. The van der Waals surface area contributed by atoms with Crippen molar-refractivity contribution in [1.82, 2.24) is 39.9 Å². The van der Waals surface area contributed by atoms with Crippen LogP contribution in [0.2, 0.25) is 5.02 Å². The van der Waals surface area contributed by atoms with Gasteiger partial charge in [-0.1, -0.05) is 28.9 Å². The summed E-state index contributed by atoms with van der Waals surface area (Å²) >= 11 is 6.58. The Hall–Kier alpha value is -5.06.